The molecule has 0 nitrogen and oxygen atoms in total. The van der Waals surface area contributed by atoms with E-state index in [0.29, 0.717) is 0 Å². The van der Waals surface area contributed by atoms with Crippen molar-refractivity contribution in [2.24, 2.45) is 0 Å². The van der Waals surface area contributed by atoms with Crippen molar-refractivity contribution in [2.75, 3.05) is 0 Å². The molecule has 0 saturated carbocycles. The summed E-state index contributed by atoms with van der Waals surface area (Å²) in [5.74, 6) is 0. The average molecular weight is 323 g/mol. The average Bonchev–Trinajstić information content (AvgIpc) is 2.57. The van der Waals surface area contributed by atoms with Crippen LogP contribution in [0, 0.1) is 0 Å². The van der Waals surface area contributed by atoms with Crippen molar-refractivity contribution in [3.63, 3.8) is 0 Å². The Bertz CT molecular complexity index is 214. The van der Waals surface area contributed by atoms with E-state index in [2.05, 4.69) is 52.0 Å². The zero-order valence-electron chi connectivity index (χ0n) is 16.9. The first kappa shape index (κ1) is 24.7. The molecule has 0 heterocycles. The maximum atomic E-state index is 2.36. The molecular weight excluding hydrogens is 276 g/mol. The van der Waals surface area contributed by atoms with Crippen LogP contribution in [-0.4, -0.2) is 0 Å². The molecule has 0 aliphatic rings. The lowest BCUT2D eigenvalue weighted by Crippen LogP contribution is -1.76. The fourth-order valence-corrected chi connectivity index (χ4v) is 2.30. The van der Waals surface area contributed by atoms with Crippen LogP contribution in [0.4, 0.5) is 0 Å². The highest BCUT2D eigenvalue weighted by atomic mass is 13.9. The molecule has 0 radical (unpaired) electrons. The fourth-order valence-electron chi connectivity index (χ4n) is 2.30. The molecule has 0 heteroatoms. The monoisotopic (exact) mass is 322 g/mol. The summed E-state index contributed by atoms with van der Waals surface area (Å²) in [6.45, 7) is 8.99. The van der Waals surface area contributed by atoms with E-state index in [9.17, 15) is 0 Å². The van der Waals surface area contributed by atoms with Gasteiger partial charge in [-0.15, -0.1) is 0 Å². The van der Waals surface area contributed by atoms with Gasteiger partial charge in [0.05, 0.1) is 0 Å². The molecule has 0 saturated heterocycles. The van der Waals surface area contributed by atoms with Crippen LogP contribution in [0.15, 0.2) is 24.3 Å². The molecule has 0 spiro atoms. The van der Waals surface area contributed by atoms with Gasteiger partial charge in [-0.3, -0.25) is 0 Å². The zero-order valence-corrected chi connectivity index (χ0v) is 16.9. The third kappa shape index (κ3) is 30.0. The lowest BCUT2D eigenvalue weighted by molar-refractivity contribution is 0.637. The molecule has 0 aromatic rings. The smallest absolute Gasteiger partial charge is 0.0351 e. The van der Waals surface area contributed by atoms with E-state index < -0.39 is 0 Å². The van der Waals surface area contributed by atoms with Crippen LogP contribution >= 0.6 is 0 Å². The highest BCUT2D eigenvalue weighted by Crippen LogP contribution is 2.06. The molecule has 0 aromatic heterocycles. The number of allylic oxidation sites excluding steroid dienone is 4. The maximum Gasteiger partial charge on any atom is -0.0351 e. The third-order valence-corrected chi connectivity index (χ3v) is 3.98. The van der Waals surface area contributed by atoms with E-state index in [0.717, 1.165) is 0 Å². The molecular formula is C23H46. The van der Waals surface area contributed by atoms with Crippen LogP contribution in [0.1, 0.15) is 124 Å². The SMILES string of the molecule is CCCC/C=C\CCCC.CCCC/C=C\CCCCCCC. The lowest BCUT2D eigenvalue weighted by atomic mass is 10.1. The van der Waals surface area contributed by atoms with E-state index in [4.69, 9.17) is 0 Å². The molecule has 0 unspecified atom stereocenters. The van der Waals surface area contributed by atoms with E-state index in [1.54, 1.807) is 0 Å². The minimum atomic E-state index is 1.28. The molecule has 0 aromatic carbocycles. The highest BCUT2D eigenvalue weighted by Gasteiger charge is 1.86. The first-order valence-corrected chi connectivity index (χ1v) is 10.6. The van der Waals surface area contributed by atoms with Gasteiger partial charge in [0.15, 0.2) is 0 Å². The number of unbranched alkanes of at least 4 members (excludes halogenated alkanes) is 11. The van der Waals surface area contributed by atoms with Gasteiger partial charge >= 0.3 is 0 Å². The van der Waals surface area contributed by atoms with Gasteiger partial charge in [-0.2, -0.15) is 0 Å². The second kappa shape index (κ2) is 26.4. The zero-order chi connectivity index (χ0) is 17.4. The van der Waals surface area contributed by atoms with Crippen molar-refractivity contribution in [1.82, 2.24) is 0 Å². The van der Waals surface area contributed by atoms with Gasteiger partial charge in [-0.05, 0) is 32.1 Å². The van der Waals surface area contributed by atoms with Gasteiger partial charge < -0.3 is 0 Å². The molecule has 0 aliphatic carbocycles. The van der Waals surface area contributed by atoms with Crippen LogP contribution in [0.25, 0.3) is 0 Å². The third-order valence-electron chi connectivity index (χ3n) is 3.98. The van der Waals surface area contributed by atoms with Crippen LogP contribution in [-0.2, 0) is 0 Å². The second-order valence-electron chi connectivity index (χ2n) is 6.57. The van der Waals surface area contributed by atoms with Gasteiger partial charge in [-0.25, -0.2) is 0 Å². The Labute approximate surface area is 148 Å². The van der Waals surface area contributed by atoms with Crippen LogP contribution in [0.2, 0.25) is 0 Å². The van der Waals surface area contributed by atoms with Gasteiger partial charge in [0, 0.05) is 0 Å². The van der Waals surface area contributed by atoms with E-state index >= 15 is 0 Å². The van der Waals surface area contributed by atoms with Crippen molar-refractivity contribution in [2.45, 2.75) is 124 Å². The topological polar surface area (TPSA) is 0 Å². The summed E-state index contributed by atoms with van der Waals surface area (Å²) in [5.41, 5.74) is 0. The Morgan fingerprint density at radius 3 is 1.00 bits per heavy atom. The highest BCUT2D eigenvalue weighted by molar-refractivity contribution is 4.81. The minimum absolute atomic E-state index is 1.28. The number of rotatable bonds is 15. The van der Waals surface area contributed by atoms with Gasteiger partial charge in [-0.1, -0.05) is 116 Å². The molecule has 0 aliphatic heterocycles. The maximum absolute atomic E-state index is 2.36. The van der Waals surface area contributed by atoms with Crippen LogP contribution in [0.5, 0.6) is 0 Å². The van der Waals surface area contributed by atoms with Crippen molar-refractivity contribution < 1.29 is 0 Å². The summed E-state index contributed by atoms with van der Waals surface area (Å²) >= 11 is 0. The summed E-state index contributed by atoms with van der Waals surface area (Å²) in [4.78, 5) is 0. The molecule has 0 amide bonds. The largest absolute Gasteiger partial charge is 0.0885 e. The van der Waals surface area contributed by atoms with Gasteiger partial charge in [0.1, 0.15) is 0 Å². The second-order valence-corrected chi connectivity index (χ2v) is 6.57. The van der Waals surface area contributed by atoms with Gasteiger partial charge in [0.2, 0.25) is 0 Å². The number of hydrogen-bond donors (Lipinski definition) is 0. The van der Waals surface area contributed by atoms with Crippen molar-refractivity contribution in [1.29, 1.82) is 0 Å². The predicted molar refractivity (Wildman–Crippen MR) is 110 cm³/mol. The van der Waals surface area contributed by atoms with Crippen molar-refractivity contribution in [3.8, 4) is 0 Å². The Balaban J connectivity index is 0. The Hall–Kier alpha value is -0.520. The molecule has 0 bridgehead atoms. The van der Waals surface area contributed by atoms with E-state index in [-0.39, 0.29) is 0 Å². The molecule has 138 valence electrons. The molecule has 0 atom stereocenters. The fraction of sp³-hybridized carbons (Fsp3) is 0.826. The minimum Gasteiger partial charge on any atom is -0.0885 e. The standard InChI is InChI=1S/C13H26.C10H20/c1-3-5-7-9-11-13-12-10-8-6-4-2;1-3-5-7-9-10-8-6-4-2/h9,11H,3-8,10,12-13H2,1-2H3;9-10H,3-8H2,1-2H3/b11-9-;10-9-. The van der Waals surface area contributed by atoms with Crippen LogP contribution < -0.4 is 0 Å². The van der Waals surface area contributed by atoms with Crippen molar-refractivity contribution in [3.05, 3.63) is 24.3 Å². The Morgan fingerprint density at radius 1 is 0.348 bits per heavy atom. The summed E-state index contributed by atoms with van der Waals surface area (Å²) in [6, 6.07) is 0. The van der Waals surface area contributed by atoms with Crippen LogP contribution in [0.3, 0.4) is 0 Å². The molecule has 23 heavy (non-hydrogen) atoms. The quantitative estimate of drug-likeness (QED) is 0.208. The number of hydrogen-bond acceptors (Lipinski definition) is 0. The van der Waals surface area contributed by atoms with E-state index in [1.807, 2.05) is 0 Å². The Kier molecular flexibility index (Phi) is 28.4. The predicted octanol–water partition coefficient (Wildman–Crippen LogP) is 9.02. The summed E-state index contributed by atoms with van der Waals surface area (Å²) < 4.78 is 0. The van der Waals surface area contributed by atoms with E-state index in [1.165, 1.54) is 96.3 Å². The Morgan fingerprint density at radius 2 is 0.652 bits per heavy atom. The molecule has 0 fully saturated rings. The molecule has 0 N–H and O–H groups in total. The molecule has 0 rings (SSSR count). The summed E-state index contributed by atoms with van der Waals surface area (Å²) in [5, 5.41) is 0. The lowest BCUT2D eigenvalue weighted by Gasteiger charge is -1.96. The normalized spacial score (nSPS) is 11.1. The van der Waals surface area contributed by atoms with Gasteiger partial charge in [0.25, 0.3) is 0 Å². The summed E-state index contributed by atoms with van der Waals surface area (Å²) in [7, 11) is 0. The first-order valence-electron chi connectivity index (χ1n) is 10.6. The van der Waals surface area contributed by atoms with Crippen molar-refractivity contribution >= 4 is 0 Å². The summed E-state index contributed by atoms with van der Waals surface area (Å²) in [6.07, 6.45) is 29.5. The first-order chi connectivity index (χ1) is 11.3.